The first kappa shape index (κ1) is 10.0. The molecule has 0 aromatic carbocycles. The quantitative estimate of drug-likeness (QED) is 0.698. The number of hydrogen-bond donors (Lipinski definition) is 2. The Morgan fingerprint density at radius 1 is 1.57 bits per heavy atom. The van der Waals surface area contributed by atoms with Crippen molar-refractivity contribution in [2.75, 3.05) is 7.05 Å². The van der Waals surface area contributed by atoms with Gasteiger partial charge in [0.1, 0.15) is 5.71 Å². The zero-order valence-electron chi connectivity index (χ0n) is 7.60. The van der Waals surface area contributed by atoms with Gasteiger partial charge >= 0.3 is 5.97 Å². The maximum Gasteiger partial charge on any atom is 0.371 e. The lowest BCUT2D eigenvalue weighted by Gasteiger charge is -1.93. The van der Waals surface area contributed by atoms with Crippen molar-refractivity contribution in [3.05, 3.63) is 35.9 Å². The summed E-state index contributed by atoms with van der Waals surface area (Å²) in [6.07, 6.45) is 2.84. The number of carbonyl (C=O) groups is 1. The number of carboxylic acid groups (broad SMARTS) is 1. The summed E-state index contributed by atoms with van der Waals surface area (Å²) >= 11 is 0. The Kier molecular flexibility index (Phi) is 3.06. The first-order valence-electron chi connectivity index (χ1n) is 3.87. The molecule has 74 valence electrons. The van der Waals surface area contributed by atoms with Gasteiger partial charge in [0.2, 0.25) is 5.76 Å². The molecule has 1 heterocycles. The van der Waals surface area contributed by atoms with Crippen molar-refractivity contribution in [1.82, 2.24) is 0 Å². The Balaban J connectivity index is 3.01. The Bertz CT molecular complexity index is 391. The summed E-state index contributed by atoms with van der Waals surface area (Å²) in [6, 6.07) is 2.90. The Hall–Kier alpha value is -2.04. The minimum absolute atomic E-state index is 0.119. The van der Waals surface area contributed by atoms with Gasteiger partial charge in [-0.05, 0) is 24.4 Å². The molecule has 0 bridgehead atoms. The summed E-state index contributed by atoms with van der Waals surface area (Å²) in [5, 5.41) is 8.61. The molecule has 14 heavy (non-hydrogen) atoms. The van der Waals surface area contributed by atoms with Gasteiger partial charge in [-0.15, -0.1) is 0 Å². The molecule has 1 rings (SSSR count). The van der Waals surface area contributed by atoms with Crippen LogP contribution in [0, 0.1) is 0 Å². The molecule has 1 aromatic heterocycles. The van der Waals surface area contributed by atoms with E-state index in [0.717, 1.165) is 0 Å². The maximum absolute atomic E-state index is 10.5. The second-order valence-corrected chi connectivity index (χ2v) is 2.44. The fraction of sp³-hybridized carbons (Fsp3) is 0.111. The molecule has 0 amide bonds. The van der Waals surface area contributed by atoms with E-state index in [2.05, 4.69) is 4.99 Å². The van der Waals surface area contributed by atoms with Gasteiger partial charge in [-0.1, -0.05) is 0 Å². The lowest BCUT2D eigenvalue weighted by Crippen LogP contribution is -1.97. The van der Waals surface area contributed by atoms with Gasteiger partial charge in [-0.3, -0.25) is 4.99 Å². The molecule has 0 saturated heterocycles. The number of carboxylic acids is 1. The molecule has 0 spiro atoms. The van der Waals surface area contributed by atoms with E-state index in [9.17, 15) is 4.79 Å². The molecule has 0 atom stereocenters. The van der Waals surface area contributed by atoms with Crippen molar-refractivity contribution in [1.29, 1.82) is 0 Å². The van der Waals surface area contributed by atoms with Crippen molar-refractivity contribution >= 4 is 11.7 Å². The van der Waals surface area contributed by atoms with Crippen LogP contribution in [-0.4, -0.2) is 23.8 Å². The highest BCUT2D eigenvalue weighted by Crippen LogP contribution is 2.09. The van der Waals surface area contributed by atoms with E-state index in [-0.39, 0.29) is 5.76 Å². The van der Waals surface area contributed by atoms with Crippen LogP contribution in [0.4, 0.5) is 0 Å². The van der Waals surface area contributed by atoms with E-state index in [1.165, 1.54) is 24.4 Å². The van der Waals surface area contributed by atoms with Crippen LogP contribution in [-0.2, 0) is 0 Å². The SMILES string of the molecule is CN=C(C=CN)c1ccc(C(=O)O)o1. The van der Waals surface area contributed by atoms with E-state index >= 15 is 0 Å². The van der Waals surface area contributed by atoms with Gasteiger partial charge in [0.25, 0.3) is 0 Å². The average Bonchev–Trinajstić information content (AvgIpc) is 2.63. The van der Waals surface area contributed by atoms with Gasteiger partial charge in [-0.2, -0.15) is 0 Å². The zero-order chi connectivity index (χ0) is 10.6. The first-order valence-corrected chi connectivity index (χ1v) is 3.87. The first-order chi connectivity index (χ1) is 6.69. The topological polar surface area (TPSA) is 88.8 Å². The van der Waals surface area contributed by atoms with Crippen molar-refractivity contribution in [3.63, 3.8) is 0 Å². The second kappa shape index (κ2) is 4.27. The normalized spacial score (nSPS) is 12.2. The molecular weight excluding hydrogens is 184 g/mol. The summed E-state index contributed by atoms with van der Waals surface area (Å²) in [5.41, 5.74) is 5.69. The molecule has 5 heteroatoms. The highest BCUT2D eigenvalue weighted by atomic mass is 16.4. The predicted molar refractivity (Wildman–Crippen MR) is 51.5 cm³/mol. The predicted octanol–water partition coefficient (Wildman–Crippen LogP) is 0.869. The van der Waals surface area contributed by atoms with E-state index < -0.39 is 5.97 Å². The van der Waals surface area contributed by atoms with Crippen molar-refractivity contribution in [2.45, 2.75) is 0 Å². The number of furan rings is 1. The van der Waals surface area contributed by atoms with Crippen LogP contribution in [0.5, 0.6) is 0 Å². The summed E-state index contributed by atoms with van der Waals surface area (Å²) < 4.78 is 5.01. The fourth-order valence-corrected chi connectivity index (χ4v) is 0.948. The molecule has 0 unspecified atom stereocenters. The number of nitrogens with two attached hydrogens (primary N) is 1. The van der Waals surface area contributed by atoms with Crippen LogP contribution in [0.25, 0.3) is 0 Å². The van der Waals surface area contributed by atoms with E-state index in [1.807, 2.05) is 0 Å². The minimum Gasteiger partial charge on any atom is -0.475 e. The number of nitrogens with zero attached hydrogens (tertiary/aromatic N) is 1. The van der Waals surface area contributed by atoms with Gasteiger partial charge < -0.3 is 15.3 Å². The van der Waals surface area contributed by atoms with Crippen LogP contribution in [0.3, 0.4) is 0 Å². The lowest BCUT2D eigenvalue weighted by molar-refractivity contribution is 0.0662. The lowest BCUT2D eigenvalue weighted by atomic mass is 10.3. The highest BCUT2D eigenvalue weighted by Gasteiger charge is 2.10. The third-order valence-electron chi connectivity index (χ3n) is 1.56. The number of aromatic carboxylic acids is 1. The number of allylic oxidation sites excluding steroid dienone is 1. The van der Waals surface area contributed by atoms with E-state index in [0.29, 0.717) is 11.5 Å². The van der Waals surface area contributed by atoms with E-state index in [1.54, 1.807) is 7.05 Å². The van der Waals surface area contributed by atoms with Gasteiger partial charge in [0.15, 0.2) is 5.76 Å². The Morgan fingerprint density at radius 2 is 2.21 bits per heavy atom. The van der Waals surface area contributed by atoms with Crippen molar-refractivity contribution < 1.29 is 14.3 Å². The maximum atomic E-state index is 10.5. The van der Waals surface area contributed by atoms with Crippen LogP contribution >= 0.6 is 0 Å². The monoisotopic (exact) mass is 194 g/mol. The third-order valence-corrected chi connectivity index (χ3v) is 1.56. The average molecular weight is 194 g/mol. The van der Waals surface area contributed by atoms with E-state index in [4.69, 9.17) is 15.3 Å². The Labute approximate surface area is 80.6 Å². The largest absolute Gasteiger partial charge is 0.475 e. The van der Waals surface area contributed by atoms with Crippen LogP contribution in [0.15, 0.2) is 33.8 Å². The summed E-state index contributed by atoms with van der Waals surface area (Å²) in [7, 11) is 1.57. The highest BCUT2D eigenvalue weighted by molar-refractivity contribution is 6.07. The summed E-state index contributed by atoms with van der Waals surface area (Å²) in [6.45, 7) is 0. The van der Waals surface area contributed by atoms with Gasteiger partial charge in [-0.25, -0.2) is 4.79 Å². The molecule has 0 saturated carbocycles. The van der Waals surface area contributed by atoms with Crippen molar-refractivity contribution in [2.24, 2.45) is 10.7 Å². The fourth-order valence-electron chi connectivity index (χ4n) is 0.948. The van der Waals surface area contributed by atoms with Crippen LogP contribution in [0.1, 0.15) is 16.3 Å². The molecule has 0 fully saturated rings. The molecule has 0 radical (unpaired) electrons. The molecule has 5 nitrogen and oxygen atoms in total. The second-order valence-electron chi connectivity index (χ2n) is 2.44. The van der Waals surface area contributed by atoms with Crippen LogP contribution < -0.4 is 5.73 Å². The molecule has 3 N–H and O–H groups in total. The summed E-state index contributed by atoms with van der Waals surface area (Å²) in [5.74, 6) is -0.846. The zero-order valence-corrected chi connectivity index (χ0v) is 7.60. The van der Waals surface area contributed by atoms with Gasteiger partial charge in [0, 0.05) is 7.05 Å². The molecule has 0 aliphatic heterocycles. The van der Waals surface area contributed by atoms with Gasteiger partial charge in [0.05, 0.1) is 0 Å². The smallest absolute Gasteiger partial charge is 0.371 e. The molecule has 0 aliphatic rings. The number of aliphatic imine (C=N–C) groups is 1. The number of hydrogen-bond acceptors (Lipinski definition) is 4. The third kappa shape index (κ3) is 2.01. The minimum atomic E-state index is -1.11. The Morgan fingerprint density at radius 3 is 2.64 bits per heavy atom. The molecular formula is C9H10N2O3. The van der Waals surface area contributed by atoms with Crippen molar-refractivity contribution in [3.8, 4) is 0 Å². The number of rotatable bonds is 3. The standard InChI is InChI=1S/C9H10N2O3/c1-11-6(4-5-10)7-2-3-8(14-7)9(12)13/h2-5H,10H2,1H3,(H,12,13). The molecule has 1 aromatic rings. The molecule has 0 aliphatic carbocycles. The summed E-state index contributed by atoms with van der Waals surface area (Å²) in [4.78, 5) is 14.4. The van der Waals surface area contributed by atoms with Crippen LogP contribution in [0.2, 0.25) is 0 Å².